The predicted molar refractivity (Wildman–Crippen MR) is 66.9 cm³/mol. The Morgan fingerprint density at radius 3 is 2.30 bits per heavy atom. The number of carbonyl (C=O) groups excluding carboxylic acids is 1. The van der Waals surface area contributed by atoms with Gasteiger partial charge in [0.25, 0.3) is 0 Å². The van der Waals surface area contributed by atoms with Crippen LogP contribution in [-0.2, 0) is 0 Å². The highest BCUT2D eigenvalue weighted by atomic mass is 35.5. The molecule has 0 saturated carbocycles. The van der Waals surface area contributed by atoms with Crippen molar-refractivity contribution in [2.75, 3.05) is 5.88 Å². The third-order valence-corrected chi connectivity index (χ3v) is 2.74. The fourth-order valence-corrected chi connectivity index (χ4v) is 1.62. The van der Waals surface area contributed by atoms with Crippen LogP contribution in [0.3, 0.4) is 0 Å². The molecule has 1 rings (SSSR count). The first-order valence-corrected chi connectivity index (χ1v) is 6.44. The molecule has 0 saturated heterocycles. The van der Waals surface area contributed by atoms with Crippen LogP contribution in [0.25, 0.3) is 0 Å². The third-order valence-electron chi connectivity index (χ3n) is 2.47. The first-order chi connectivity index (χ1) is 9.36. The number of carbonyl (C=O) groups is 1. The molecule has 0 aliphatic heterocycles. The van der Waals surface area contributed by atoms with Gasteiger partial charge in [-0.3, -0.25) is 4.79 Å². The van der Waals surface area contributed by atoms with E-state index >= 15 is 0 Å². The fraction of sp³-hybridized carbons (Fsp3) is 0.462. The summed E-state index contributed by atoms with van der Waals surface area (Å²) >= 11 is 5.48. The minimum Gasteiger partial charge on any atom is -0.428 e. The number of benzene rings is 1. The topological polar surface area (TPSA) is 26.3 Å². The van der Waals surface area contributed by atoms with Gasteiger partial charge >= 0.3 is 12.5 Å². The van der Waals surface area contributed by atoms with Crippen LogP contribution in [-0.4, -0.2) is 24.2 Å². The summed E-state index contributed by atoms with van der Waals surface area (Å²) in [5, 5.41) is 0. The summed E-state index contributed by atoms with van der Waals surface area (Å²) in [5.41, 5.74) is 0.312. The van der Waals surface area contributed by atoms with Crippen molar-refractivity contribution in [3.8, 4) is 5.75 Å². The zero-order valence-corrected chi connectivity index (χ0v) is 11.2. The van der Waals surface area contributed by atoms with Crippen molar-refractivity contribution in [3.63, 3.8) is 0 Å². The number of alkyl halides is 5. The Hall–Kier alpha value is -1.30. The van der Waals surface area contributed by atoms with Gasteiger partial charge in [0.2, 0.25) is 0 Å². The highest BCUT2D eigenvalue weighted by Gasteiger charge is 2.43. The number of hydrogen-bond donors (Lipinski definition) is 0. The van der Waals surface area contributed by atoms with E-state index in [9.17, 15) is 22.4 Å². The van der Waals surface area contributed by atoms with Gasteiger partial charge in [-0.05, 0) is 37.1 Å². The van der Waals surface area contributed by atoms with Crippen LogP contribution in [0.4, 0.5) is 17.6 Å². The summed E-state index contributed by atoms with van der Waals surface area (Å²) in [7, 11) is 0. The number of hydrogen-bond acceptors (Lipinski definition) is 2. The average molecular weight is 313 g/mol. The molecule has 0 heterocycles. The Morgan fingerprint density at radius 2 is 1.80 bits per heavy atom. The van der Waals surface area contributed by atoms with Crippen molar-refractivity contribution in [2.45, 2.75) is 31.8 Å². The predicted octanol–water partition coefficient (Wildman–Crippen LogP) is 4.52. The normalized spacial score (nSPS) is 11.7. The summed E-state index contributed by atoms with van der Waals surface area (Å²) in [6.07, 6.45) is -6.84. The zero-order chi connectivity index (χ0) is 15.2. The van der Waals surface area contributed by atoms with Crippen LogP contribution in [0.5, 0.6) is 5.75 Å². The number of halogens is 5. The first-order valence-electron chi connectivity index (χ1n) is 5.91. The molecule has 0 atom stereocenters. The second kappa shape index (κ2) is 7.47. The van der Waals surface area contributed by atoms with E-state index < -0.39 is 18.3 Å². The van der Waals surface area contributed by atoms with E-state index in [4.69, 9.17) is 11.6 Å². The second-order valence-corrected chi connectivity index (χ2v) is 4.44. The molecule has 0 fully saturated rings. The van der Waals surface area contributed by atoms with Crippen molar-refractivity contribution in [3.05, 3.63) is 29.8 Å². The number of Topliss-reactive ketones (excluding diaryl/α,β-unsaturated/α-hetero) is 1. The van der Waals surface area contributed by atoms with Gasteiger partial charge in [-0.1, -0.05) is 0 Å². The van der Waals surface area contributed by atoms with Crippen LogP contribution in [0.15, 0.2) is 24.3 Å². The Balaban J connectivity index is 2.62. The van der Waals surface area contributed by atoms with E-state index in [0.717, 1.165) is 12.1 Å². The second-order valence-electron chi connectivity index (χ2n) is 4.06. The number of ether oxygens (including phenoxy) is 1. The Bertz CT molecular complexity index is 435. The van der Waals surface area contributed by atoms with Crippen molar-refractivity contribution >= 4 is 17.4 Å². The van der Waals surface area contributed by atoms with E-state index in [1.165, 1.54) is 12.1 Å². The lowest BCUT2D eigenvalue weighted by Crippen LogP contribution is -2.33. The SMILES string of the molecule is O=C(CCCCCl)c1ccc(OC(F)(F)C(F)F)cc1. The molecule has 0 amide bonds. The quantitative estimate of drug-likeness (QED) is 0.305. The minimum atomic E-state index is -4.55. The molecule has 1 aromatic rings. The molecule has 20 heavy (non-hydrogen) atoms. The largest absolute Gasteiger partial charge is 0.461 e. The number of rotatable bonds is 8. The number of ketones is 1. The van der Waals surface area contributed by atoms with Gasteiger partial charge in [-0.25, -0.2) is 0 Å². The lowest BCUT2D eigenvalue weighted by Gasteiger charge is -2.16. The Kier molecular flexibility index (Phi) is 6.26. The van der Waals surface area contributed by atoms with E-state index in [1.54, 1.807) is 0 Å². The van der Waals surface area contributed by atoms with Gasteiger partial charge in [-0.2, -0.15) is 17.6 Å². The summed E-state index contributed by atoms with van der Waals surface area (Å²) in [4.78, 5) is 11.7. The van der Waals surface area contributed by atoms with Gasteiger partial charge in [0.05, 0.1) is 0 Å². The molecule has 0 aliphatic rings. The van der Waals surface area contributed by atoms with Crippen LogP contribution >= 0.6 is 11.6 Å². The maximum atomic E-state index is 12.6. The molecule has 0 radical (unpaired) electrons. The number of unbranched alkanes of at least 4 members (excludes halogenated alkanes) is 1. The van der Waals surface area contributed by atoms with Crippen molar-refractivity contribution in [1.29, 1.82) is 0 Å². The molecule has 7 heteroatoms. The first kappa shape index (κ1) is 16.8. The van der Waals surface area contributed by atoms with Gasteiger partial charge < -0.3 is 4.74 Å². The Morgan fingerprint density at radius 1 is 1.20 bits per heavy atom. The van der Waals surface area contributed by atoms with Gasteiger partial charge in [0.1, 0.15) is 5.75 Å². The van der Waals surface area contributed by atoms with E-state index in [-0.39, 0.29) is 5.78 Å². The van der Waals surface area contributed by atoms with Gasteiger partial charge in [0.15, 0.2) is 5.78 Å². The molecular formula is C13H13ClF4O2. The maximum Gasteiger partial charge on any atom is 0.461 e. The fourth-order valence-electron chi connectivity index (χ4n) is 1.43. The molecule has 2 nitrogen and oxygen atoms in total. The van der Waals surface area contributed by atoms with Crippen molar-refractivity contribution in [2.24, 2.45) is 0 Å². The lowest BCUT2D eigenvalue weighted by molar-refractivity contribution is -0.253. The summed E-state index contributed by atoms with van der Waals surface area (Å²) in [6, 6.07) is 4.65. The molecule has 0 aromatic heterocycles. The molecule has 0 N–H and O–H groups in total. The molecular weight excluding hydrogens is 300 g/mol. The maximum absolute atomic E-state index is 12.6. The van der Waals surface area contributed by atoms with Crippen LogP contribution in [0, 0.1) is 0 Å². The molecule has 0 aliphatic carbocycles. The van der Waals surface area contributed by atoms with Gasteiger partial charge in [0, 0.05) is 17.9 Å². The standard InChI is InChI=1S/C13H13ClF4O2/c14-8-2-1-3-11(19)9-4-6-10(7-5-9)20-13(17,18)12(15)16/h4-7,12H,1-3,8H2. The summed E-state index contributed by atoms with van der Waals surface area (Å²) in [6.45, 7) is 0. The Labute approximate surface area is 118 Å². The smallest absolute Gasteiger partial charge is 0.428 e. The monoisotopic (exact) mass is 312 g/mol. The molecule has 1 aromatic carbocycles. The third kappa shape index (κ3) is 5.00. The van der Waals surface area contributed by atoms with E-state index in [0.29, 0.717) is 30.7 Å². The zero-order valence-electron chi connectivity index (χ0n) is 10.4. The molecule has 112 valence electrons. The minimum absolute atomic E-state index is 0.165. The summed E-state index contributed by atoms with van der Waals surface area (Å²) < 4.78 is 53.1. The highest BCUT2D eigenvalue weighted by molar-refractivity contribution is 6.17. The van der Waals surface area contributed by atoms with E-state index in [2.05, 4.69) is 4.74 Å². The van der Waals surface area contributed by atoms with E-state index in [1.807, 2.05) is 0 Å². The van der Waals surface area contributed by atoms with Crippen LogP contribution < -0.4 is 4.74 Å². The average Bonchev–Trinajstić information content (AvgIpc) is 2.39. The van der Waals surface area contributed by atoms with Gasteiger partial charge in [-0.15, -0.1) is 11.6 Å². The molecule has 0 spiro atoms. The van der Waals surface area contributed by atoms with Crippen LogP contribution in [0.1, 0.15) is 29.6 Å². The molecule has 0 unspecified atom stereocenters. The summed E-state index contributed by atoms with van der Waals surface area (Å²) in [5.74, 6) is -0.127. The van der Waals surface area contributed by atoms with Crippen molar-refractivity contribution < 1.29 is 27.1 Å². The highest BCUT2D eigenvalue weighted by Crippen LogP contribution is 2.27. The van der Waals surface area contributed by atoms with Crippen LogP contribution in [0.2, 0.25) is 0 Å². The molecule has 0 bridgehead atoms. The van der Waals surface area contributed by atoms with Crippen molar-refractivity contribution in [1.82, 2.24) is 0 Å². The lowest BCUT2D eigenvalue weighted by atomic mass is 10.1.